The first kappa shape index (κ1) is 16.1. The van der Waals surface area contributed by atoms with E-state index in [2.05, 4.69) is 28.8 Å². The first-order valence-electron chi connectivity index (χ1n) is 5.31. The normalized spacial score (nSPS) is 27.4. The molecule has 7 heteroatoms. The molecule has 0 saturated carbocycles. The molecule has 98 valence electrons. The van der Waals surface area contributed by atoms with Gasteiger partial charge in [0.2, 0.25) is 10.0 Å². The number of hydrogen-bond donors (Lipinski definition) is 2. The van der Waals surface area contributed by atoms with Gasteiger partial charge in [-0.1, -0.05) is 0 Å². The summed E-state index contributed by atoms with van der Waals surface area (Å²) in [4.78, 5) is 2.33. The van der Waals surface area contributed by atoms with Crippen molar-refractivity contribution < 1.29 is 8.42 Å². The number of nitrogens with one attached hydrogen (secondary N) is 2. The lowest BCUT2D eigenvalue weighted by Crippen LogP contribution is -2.56. The number of halogens is 1. The van der Waals surface area contributed by atoms with E-state index >= 15 is 0 Å². The average molecular weight is 272 g/mol. The topological polar surface area (TPSA) is 61.4 Å². The van der Waals surface area contributed by atoms with Crippen LogP contribution in [0.5, 0.6) is 0 Å². The van der Waals surface area contributed by atoms with Crippen LogP contribution in [-0.2, 0) is 10.0 Å². The van der Waals surface area contributed by atoms with Gasteiger partial charge in [0.05, 0.1) is 6.26 Å². The summed E-state index contributed by atoms with van der Waals surface area (Å²) in [5.74, 6) is 0. The monoisotopic (exact) mass is 271 g/mol. The Morgan fingerprint density at radius 1 is 1.31 bits per heavy atom. The van der Waals surface area contributed by atoms with Crippen LogP contribution in [0.4, 0.5) is 0 Å². The van der Waals surface area contributed by atoms with Crippen LogP contribution >= 0.6 is 12.4 Å². The van der Waals surface area contributed by atoms with Gasteiger partial charge in [0.1, 0.15) is 0 Å². The van der Waals surface area contributed by atoms with Crippen molar-refractivity contribution in [1.29, 1.82) is 0 Å². The maximum absolute atomic E-state index is 10.9. The van der Waals surface area contributed by atoms with E-state index in [-0.39, 0.29) is 12.4 Å². The highest BCUT2D eigenvalue weighted by Crippen LogP contribution is 2.08. The zero-order valence-electron chi connectivity index (χ0n) is 10.1. The van der Waals surface area contributed by atoms with E-state index in [1.54, 1.807) is 0 Å². The van der Waals surface area contributed by atoms with Gasteiger partial charge >= 0.3 is 0 Å². The van der Waals surface area contributed by atoms with Crippen molar-refractivity contribution in [3.8, 4) is 0 Å². The Bertz CT molecular complexity index is 287. The largest absolute Gasteiger partial charge is 0.314 e. The summed E-state index contributed by atoms with van der Waals surface area (Å²) in [6.07, 6.45) is 1.19. The molecular formula is C9H22ClN3O2S. The van der Waals surface area contributed by atoms with E-state index < -0.39 is 10.0 Å². The molecule has 2 N–H and O–H groups in total. The smallest absolute Gasteiger partial charge is 0.208 e. The Morgan fingerprint density at radius 3 is 2.25 bits per heavy atom. The van der Waals surface area contributed by atoms with E-state index in [0.29, 0.717) is 18.6 Å². The Balaban J connectivity index is 0.00000225. The Morgan fingerprint density at radius 2 is 1.81 bits per heavy atom. The predicted octanol–water partition coefficient (Wildman–Crippen LogP) is -0.360. The molecule has 0 aliphatic carbocycles. The Labute approximate surface area is 104 Å². The second-order valence-corrected chi connectivity index (χ2v) is 6.09. The maximum atomic E-state index is 10.9. The molecule has 0 amide bonds. The molecule has 0 unspecified atom stereocenters. The number of piperazine rings is 1. The van der Waals surface area contributed by atoms with Gasteiger partial charge in [0, 0.05) is 38.3 Å². The third kappa shape index (κ3) is 5.45. The molecule has 0 aromatic rings. The van der Waals surface area contributed by atoms with Crippen LogP contribution in [0.1, 0.15) is 13.8 Å². The summed E-state index contributed by atoms with van der Waals surface area (Å²) in [6.45, 7) is 7.53. The van der Waals surface area contributed by atoms with Gasteiger partial charge in [-0.2, -0.15) is 0 Å². The lowest BCUT2D eigenvalue weighted by molar-refractivity contribution is 0.120. The van der Waals surface area contributed by atoms with Crippen molar-refractivity contribution in [2.75, 3.05) is 32.4 Å². The SMILES string of the molecule is C[C@@H]1CNC[C@H](C)N1CCNS(C)(=O)=O.Cl. The number of sulfonamides is 1. The summed E-state index contributed by atoms with van der Waals surface area (Å²) >= 11 is 0. The van der Waals surface area contributed by atoms with Crippen molar-refractivity contribution >= 4 is 22.4 Å². The fourth-order valence-electron chi connectivity index (χ4n) is 1.97. The second kappa shape index (κ2) is 6.76. The molecule has 1 aliphatic rings. The molecule has 0 radical (unpaired) electrons. The molecule has 0 aromatic carbocycles. The standard InChI is InChI=1S/C9H21N3O2S.ClH/c1-8-6-10-7-9(2)12(8)5-4-11-15(3,13)14;/h8-11H,4-7H2,1-3H3;1H/t8-,9+;. The first-order valence-corrected chi connectivity index (χ1v) is 7.20. The van der Waals surface area contributed by atoms with Gasteiger partial charge in [-0.25, -0.2) is 13.1 Å². The molecule has 1 rings (SSSR count). The predicted molar refractivity (Wildman–Crippen MR) is 68.6 cm³/mol. The Kier molecular flexibility index (Phi) is 6.81. The molecule has 2 atom stereocenters. The van der Waals surface area contributed by atoms with Crippen LogP contribution in [0.25, 0.3) is 0 Å². The lowest BCUT2D eigenvalue weighted by Gasteiger charge is -2.39. The van der Waals surface area contributed by atoms with Crippen LogP contribution in [0.2, 0.25) is 0 Å². The molecule has 1 saturated heterocycles. The minimum Gasteiger partial charge on any atom is -0.314 e. The van der Waals surface area contributed by atoms with Crippen LogP contribution in [0.15, 0.2) is 0 Å². The average Bonchev–Trinajstić information content (AvgIpc) is 2.08. The van der Waals surface area contributed by atoms with Crippen molar-refractivity contribution in [2.24, 2.45) is 0 Å². The van der Waals surface area contributed by atoms with Gasteiger partial charge < -0.3 is 5.32 Å². The summed E-state index contributed by atoms with van der Waals surface area (Å²) in [7, 11) is -3.05. The third-order valence-electron chi connectivity index (χ3n) is 2.75. The fourth-order valence-corrected chi connectivity index (χ4v) is 2.43. The van der Waals surface area contributed by atoms with Crippen molar-refractivity contribution in [2.45, 2.75) is 25.9 Å². The van der Waals surface area contributed by atoms with Gasteiger partial charge in [-0.15, -0.1) is 12.4 Å². The van der Waals surface area contributed by atoms with Crippen LogP contribution in [0.3, 0.4) is 0 Å². The molecule has 0 bridgehead atoms. The molecule has 1 heterocycles. The highest BCUT2D eigenvalue weighted by Gasteiger charge is 2.23. The third-order valence-corrected chi connectivity index (χ3v) is 3.47. The lowest BCUT2D eigenvalue weighted by atomic mass is 10.1. The Hall–Kier alpha value is 0.120. The zero-order chi connectivity index (χ0) is 11.5. The first-order chi connectivity index (χ1) is 6.90. The zero-order valence-corrected chi connectivity index (χ0v) is 11.7. The van der Waals surface area contributed by atoms with Gasteiger partial charge in [0.15, 0.2) is 0 Å². The molecule has 1 aliphatic heterocycles. The quantitative estimate of drug-likeness (QED) is 0.733. The molecule has 0 spiro atoms. The highest BCUT2D eigenvalue weighted by molar-refractivity contribution is 7.88. The van der Waals surface area contributed by atoms with Crippen LogP contribution < -0.4 is 10.0 Å². The molecule has 0 aromatic heterocycles. The number of hydrogen-bond acceptors (Lipinski definition) is 4. The summed E-state index contributed by atoms with van der Waals surface area (Å²) < 4.78 is 24.3. The van der Waals surface area contributed by atoms with Crippen molar-refractivity contribution in [3.63, 3.8) is 0 Å². The number of rotatable bonds is 4. The summed E-state index contributed by atoms with van der Waals surface area (Å²) in [6, 6.07) is 0.935. The molecule has 1 fully saturated rings. The molecule has 16 heavy (non-hydrogen) atoms. The van der Waals surface area contributed by atoms with Gasteiger partial charge in [-0.3, -0.25) is 4.90 Å². The number of nitrogens with zero attached hydrogens (tertiary/aromatic N) is 1. The van der Waals surface area contributed by atoms with Gasteiger partial charge in [-0.05, 0) is 13.8 Å². The van der Waals surface area contributed by atoms with E-state index in [1.165, 1.54) is 6.26 Å². The van der Waals surface area contributed by atoms with Gasteiger partial charge in [0.25, 0.3) is 0 Å². The van der Waals surface area contributed by atoms with Crippen LogP contribution in [-0.4, -0.2) is 57.8 Å². The minimum atomic E-state index is -3.05. The summed E-state index contributed by atoms with van der Waals surface area (Å²) in [5, 5.41) is 3.34. The van der Waals surface area contributed by atoms with Crippen molar-refractivity contribution in [3.05, 3.63) is 0 Å². The minimum absolute atomic E-state index is 0. The summed E-state index contributed by atoms with van der Waals surface area (Å²) in [5.41, 5.74) is 0. The van der Waals surface area contributed by atoms with Crippen molar-refractivity contribution in [1.82, 2.24) is 14.9 Å². The van der Waals surface area contributed by atoms with Crippen LogP contribution in [0, 0.1) is 0 Å². The second-order valence-electron chi connectivity index (χ2n) is 4.26. The van der Waals surface area contributed by atoms with E-state index in [9.17, 15) is 8.42 Å². The highest BCUT2D eigenvalue weighted by atomic mass is 35.5. The maximum Gasteiger partial charge on any atom is 0.208 e. The molecular weight excluding hydrogens is 250 g/mol. The van der Waals surface area contributed by atoms with E-state index in [4.69, 9.17) is 0 Å². The molecule has 5 nitrogen and oxygen atoms in total. The fraction of sp³-hybridized carbons (Fsp3) is 1.00. The van der Waals surface area contributed by atoms with E-state index in [1.807, 2.05) is 0 Å². The van der Waals surface area contributed by atoms with E-state index in [0.717, 1.165) is 19.6 Å².